The van der Waals surface area contributed by atoms with Gasteiger partial charge in [-0.05, 0) is 31.5 Å². The van der Waals surface area contributed by atoms with Crippen LogP contribution in [0.5, 0.6) is 5.75 Å². The third-order valence-electron chi connectivity index (χ3n) is 3.84. The van der Waals surface area contributed by atoms with Crippen molar-refractivity contribution in [1.29, 1.82) is 5.26 Å². The summed E-state index contributed by atoms with van der Waals surface area (Å²) >= 11 is 2.07. The maximum atomic E-state index is 8.84. The molecule has 1 aliphatic rings. The van der Waals surface area contributed by atoms with Gasteiger partial charge in [0.2, 0.25) is 0 Å². The van der Waals surface area contributed by atoms with Gasteiger partial charge in [0.15, 0.2) is 0 Å². The van der Waals surface area contributed by atoms with Gasteiger partial charge in [0.1, 0.15) is 5.75 Å². The van der Waals surface area contributed by atoms with Crippen LogP contribution in [-0.2, 0) is 0 Å². The van der Waals surface area contributed by atoms with E-state index >= 15 is 0 Å². The Labute approximate surface area is 125 Å². The average Bonchev–Trinajstić information content (AvgIpc) is 2.48. The molecule has 0 aromatic heterocycles. The summed E-state index contributed by atoms with van der Waals surface area (Å²) in [5.74, 6) is 2.02. The summed E-state index contributed by atoms with van der Waals surface area (Å²) in [7, 11) is 0. The predicted octanol–water partition coefficient (Wildman–Crippen LogP) is 3.15. The molecule has 2 atom stereocenters. The third kappa shape index (κ3) is 4.16. The van der Waals surface area contributed by atoms with E-state index in [-0.39, 0.29) is 0 Å². The zero-order chi connectivity index (χ0) is 14.4. The molecule has 108 valence electrons. The van der Waals surface area contributed by atoms with E-state index in [1.807, 2.05) is 12.1 Å². The van der Waals surface area contributed by atoms with Gasteiger partial charge >= 0.3 is 0 Å². The first kappa shape index (κ1) is 15.2. The van der Waals surface area contributed by atoms with E-state index in [9.17, 15) is 0 Å². The number of nitriles is 1. The summed E-state index contributed by atoms with van der Waals surface area (Å²) in [6, 6.07) is 10.1. The first-order valence-corrected chi connectivity index (χ1v) is 8.24. The number of ether oxygens (including phenoxy) is 1. The number of nitrogens with zero attached hydrogens (tertiary/aromatic N) is 2. The minimum absolute atomic E-state index is 0.649. The summed E-state index contributed by atoms with van der Waals surface area (Å²) in [6.07, 6.45) is 1.03. The second kappa shape index (κ2) is 7.56. The fraction of sp³-hybridized carbons (Fsp3) is 0.562. The predicted molar refractivity (Wildman–Crippen MR) is 84.2 cm³/mol. The maximum absolute atomic E-state index is 8.84. The van der Waals surface area contributed by atoms with Crippen molar-refractivity contribution in [1.82, 2.24) is 4.90 Å². The van der Waals surface area contributed by atoms with Crippen molar-refractivity contribution in [2.75, 3.05) is 25.4 Å². The van der Waals surface area contributed by atoms with Crippen molar-refractivity contribution in [2.24, 2.45) is 0 Å². The molecule has 1 aromatic carbocycles. The molecule has 1 aromatic rings. The van der Waals surface area contributed by atoms with Crippen LogP contribution in [0.4, 0.5) is 0 Å². The molecule has 0 bridgehead atoms. The molecule has 0 amide bonds. The Balaban J connectivity index is 1.72. The molecule has 20 heavy (non-hydrogen) atoms. The number of rotatable bonds is 5. The minimum atomic E-state index is 0.649. The van der Waals surface area contributed by atoms with E-state index in [2.05, 4.69) is 36.6 Å². The number of hydrogen-bond acceptors (Lipinski definition) is 4. The van der Waals surface area contributed by atoms with Gasteiger partial charge in [-0.25, -0.2) is 0 Å². The fourth-order valence-corrected chi connectivity index (χ4v) is 3.59. The maximum Gasteiger partial charge on any atom is 0.120 e. The van der Waals surface area contributed by atoms with E-state index in [1.165, 1.54) is 12.3 Å². The molecule has 1 fully saturated rings. The Morgan fingerprint density at radius 3 is 3.10 bits per heavy atom. The van der Waals surface area contributed by atoms with E-state index in [0.29, 0.717) is 18.2 Å². The lowest BCUT2D eigenvalue weighted by atomic mass is 10.2. The molecular weight excluding hydrogens is 268 g/mol. The molecule has 1 aliphatic heterocycles. The van der Waals surface area contributed by atoms with Crippen LogP contribution in [0.15, 0.2) is 24.3 Å². The van der Waals surface area contributed by atoms with Gasteiger partial charge in [-0.2, -0.15) is 17.0 Å². The van der Waals surface area contributed by atoms with Crippen LogP contribution in [0.1, 0.15) is 25.8 Å². The largest absolute Gasteiger partial charge is 0.494 e. The molecule has 4 heteroatoms. The van der Waals surface area contributed by atoms with Crippen LogP contribution in [0.25, 0.3) is 0 Å². The quantitative estimate of drug-likeness (QED) is 0.781. The number of thioether (sulfide) groups is 1. The van der Waals surface area contributed by atoms with Crippen molar-refractivity contribution in [3.05, 3.63) is 29.8 Å². The third-order valence-corrected chi connectivity index (χ3v) is 5.17. The molecule has 0 aliphatic carbocycles. The molecule has 0 spiro atoms. The lowest BCUT2D eigenvalue weighted by Crippen LogP contribution is -2.45. The molecule has 0 saturated carbocycles. The number of hydrogen-bond donors (Lipinski definition) is 0. The van der Waals surface area contributed by atoms with Gasteiger partial charge in [-0.15, -0.1) is 0 Å². The van der Waals surface area contributed by atoms with Crippen molar-refractivity contribution >= 4 is 11.8 Å². The normalized spacial score (nSPS) is 23.2. The summed E-state index contributed by atoms with van der Waals surface area (Å²) in [6.45, 7) is 7.60. The Bertz CT molecular complexity index is 472. The van der Waals surface area contributed by atoms with Crippen LogP contribution < -0.4 is 4.74 Å². The van der Waals surface area contributed by atoms with E-state index in [1.54, 1.807) is 12.1 Å². The van der Waals surface area contributed by atoms with Crippen molar-refractivity contribution in [3.63, 3.8) is 0 Å². The van der Waals surface area contributed by atoms with Gasteiger partial charge in [0, 0.05) is 30.1 Å². The summed E-state index contributed by atoms with van der Waals surface area (Å²) in [4.78, 5) is 2.55. The van der Waals surface area contributed by atoms with Crippen molar-refractivity contribution < 1.29 is 4.74 Å². The Morgan fingerprint density at radius 2 is 2.30 bits per heavy atom. The number of benzene rings is 1. The molecule has 0 radical (unpaired) electrons. The van der Waals surface area contributed by atoms with Crippen LogP contribution >= 0.6 is 11.8 Å². The van der Waals surface area contributed by atoms with Gasteiger partial charge in [-0.1, -0.05) is 13.0 Å². The lowest BCUT2D eigenvalue weighted by Gasteiger charge is -2.37. The summed E-state index contributed by atoms with van der Waals surface area (Å²) in [5, 5.41) is 9.56. The highest BCUT2D eigenvalue weighted by Gasteiger charge is 2.24. The van der Waals surface area contributed by atoms with E-state index < -0.39 is 0 Å². The highest BCUT2D eigenvalue weighted by Crippen LogP contribution is 2.24. The highest BCUT2D eigenvalue weighted by atomic mass is 32.2. The molecule has 1 saturated heterocycles. The van der Waals surface area contributed by atoms with Gasteiger partial charge in [-0.3, -0.25) is 4.90 Å². The lowest BCUT2D eigenvalue weighted by molar-refractivity contribution is 0.191. The minimum Gasteiger partial charge on any atom is -0.494 e. The van der Waals surface area contributed by atoms with Crippen molar-refractivity contribution in [3.8, 4) is 11.8 Å². The molecule has 1 heterocycles. The second-order valence-corrected chi connectivity index (χ2v) is 6.68. The molecule has 2 rings (SSSR count). The average molecular weight is 290 g/mol. The molecule has 3 nitrogen and oxygen atoms in total. The standard InChI is InChI=1S/C16H22N2OS/c1-13-14(2)20-10-8-18(13)7-4-9-19-16-6-3-5-15(11-16)12-17/h3,5-6,11,13-14H,4,7-10H2,1-2H3. The molecular formula is C16H22N2OS. The van der Waals surface area contributed by atoms with Crippen LogP contribution in [-0.4, -0.2) is 41.6 Å². The molecule has 0 N–H and O–H groups in total. The topological polar surface area (TPSA) is 36.3 Å². The zero-order valence-corrected chi connectivity index (χ0v) is 13.0. The fourth-order valence-electron chi connectivity index (χ4n) is 2.42. The Kier molecular flexibility index (Phi) is 5.75. The van der Waals surface area contributed by atoms with E-state index in [4.69, 9.17) is 10.00 Å². The highest BCUT2D eigenvalue weighted by molar-refractivity contribution is 8.00. The Hall–Kier alpha value is -1.18. The van der Waals surface area contributed by atoms with Crippen molar-refractivity contribution in [2.45, 2.75) is 31.6 Å². The van der Waals surface area contributed by atoms with Crippen LogP contribution in [0, 0.1) is 11.3 Å². The van der Waals surface area contributed by atoms with E-state index in [0.717, 1.165) is 24.0 Å². The van der Waals surface area contributed by atoms with Gasteiger partial charge in [0.05, 0.1) is 18.2 Å². The molecule has 2 unspecified atom stereocenters. The summed E-state index contributed by atoms with van der Waals surface area (Å²) < 4.78 is 5.72. The first-order chi connectivity index (χ1) is 9.70. The second-order valence-electron chi connectivity index (χ2n) is 5.19. The first-order valence-electron chi connectivity index (χ1n) is 7.19. The Morgan fingerprint density at radius 1 is 1.45 bits per heavy atom. The van der Waals surface area contributed by atoms with Gasteiger partial charge in [0.25, 0.3) is 0 Å². The van der Waals surface area contributed by atoms with Crippen LogP contribution in [0.2, 0.25) is 0 Å². The SMILES string of the molecule is CC1SCCN(CCCOc2cccc(C#N)c2)C1C. The summed E-state index contributed by atoms with van der Waals surface area (Å²) in [5.41, 5.74) is 0.651. The smallest absolute Gasteiger partial charge is 0.120 e. The zero-order valence-electron chi connectivity index (χ0n) is 12.2. The van der Waals surface area contributed by atoms with Crippen LogP contribution in [0.3, 0.4) is 0 Å². The monoisotopic (exact) mass is 290 g/mol. The van der Waals surface area contributed by atoms with Gasteiger partial charge < -0.3 is 4.74 Å².